The van der Waals surface area contributed by atoms with Crippen LogP contribution < -0.4 is 0 Å². The van der Waals surface area contributed by atoms with Crippen molar-refractivity contribution < 1.29 is 0 Å². The molecule has 0 N–H and O–H groups in total. The van der Waals surface area contributed by atoms with Crippen molar-refractivity contribution in [2.75, 3.05) is 0 Å². The molecule has 226 valence electrons. The summed E-state index contributed by atoms with van der Waals surface area (Å²) in [6.45, 7) is 0. The lowest BCUT2D eigenvalue weighted by Crippen LogP contribution is -1.98. The van der Waals surface area contributed by atoms with E-state index >= 15 is 0 Å². The first kappa shape index (κ1) is 26.3. The predicted molar refractivity (Wildman–Crippen MR) is 203 cm³/mol. The van der Waals surface area contributed by atoms with Crippen LogP contribution >= 0.6 is 0 Å². The Bertz CT molecular complexity index is 2870. The van der Waals surface area contributed by atoms with Gasteiger partial charge in [-0.2, -0.15) is 5.26 Å². The minimum Gasteiger partial charge on any atom is -0.309 e. The molecule has 0 aliphatic carbocycles. The summed E-state index contributed by atoms with van der Waals surface area (Å²) >= 11 is 0. The molecular weight excluding hydrogens is 597 g/mol. The van der Waals surface area contributed by atoms with Crippen molar-refractivity contribution in [2.45, 2.75) is 0 Å². The lowest BCUT2D eigenvalue weighted by atomic mass is 10.0. The van der Waals surface area contributed by atoms with Gasteiger partial charge in [-0.15, -0.1) is 0 Å². The van der Waals surface area contributed by atoms with Crippen LogP contribution in [-0.2, 0) is 0 Å². The third-order valence-corrected chi connectivity index (χ3v) is 10.4. The van der Waals surface area contributed by atoms with Crippen molar-refractivity contribution in [1.82, 2.24) is 13.7 Å². The van der Waals surface area contributed by atoms with E-state index in [1.807, 2.05) is 12.1 Å². The Morgan fingerprint density at radius 2 is 0.714 bits per heavy atom. The summed E-state index contributed by atoms with van der Waals surface area (Å²) in [6.07, 6.45) is 0. The highest BCUT2D eigenvalue weighted by molar-refractivity contribution is 6.25. The van der Waals surface area contributed by atoms with Crippen molar-refractivity contribution in [3.8, 4) is 23.1 Å². The standard InChI is InChI=1S/C45H26N4/c46-27-28-17-21-31(22-18-28)47-42-25-32(48-38-13-5-1-9-34(38)35-10-2-6-14-39(35)48)23-29-19-20-30-24-33(26-43(47)45(30)44(29)42)49-40-15-7-3-11-36(40)37-12-4-8-16-41(37)49/h1-26H. The molecule has 0 saturated carbocycles. The maximum absolute atomic E-state index is 9.64. The number of hydrogen-bond acceptors (Lipinski definition) is 1. The van der Waals surface area contributed by atoms with Gasteiger partial charge in [0, 0.05) is 49.4 Å². The SMILES string of the molecule is N#Cc1ccc(-n2c3cc(-n4c5ccccc5c5ccccc54)cc4ccc5cc(-n6c7ccccc7c7ccccc76)cc2c5c43)cc1. The molecule has 0 amide bonds. The minimum absolute atomic E-state index is 0.647. The minimum atomic E-state index is 0.647. The number of para-hydroxylation sites is 4. The first-order chi connectivity index (χ1) is 24.3. The molecule has 0 aliphatic rings. The average Bonchev–Trinajstić information content (AvgIpc) is 3.80. The van der Waals surface area contributed by atoms with Crippen molar-refractivity contribution in [3.05, 3.63) is 163 Å². The van der Waals surface area contributed by atoms with Gasteiger partial charge >= 0.3 is 0 Å². The molecule has 0 bridgehead atoms. The molecule has 0 saturated heterocycles. The topological polar surface area (TPSA) is 38.6 Å². The van der Waals surface area contributed by atoms with Crippen LogP contribution in [0.4, 0.5) is 0 Å². The van der Waals surface area contributed by atoms with Crippen molar-refractivity contribution in [3.63, 3.8) is 0 Å². The van der Waals surface area contributed by atoms with Crippen LogP contribution in [0.2, 0.25) is 0 Å². The molecule has 0 atom stereocenters. The average molecular weight is 623 g/mol. The van der Waals surface area contributed by atoms with E-state index in [2.05, 4.69) is 165 Å². The fourth-order valence-corrected chi connectivity index (χ4v) is 8.36. The summed E-state index contributed by atoms with van der Waals surface area (Å²) in [5, 5.41) is 19.5. The van der Waals surface area contributed by atoms with Gasteiger partial charge in [0.05, 0.1) is 44.7 Å². The van der Waals surface area contributed by atoms with Crippen molar-refractivity contribution in [2.24, 2.45) is 0 Å². The summed E-state index contributed by atoms with van der Waals surface area (Å²) in [4.78, 5) is 0. The maximum Gasteiger partial charge on any atom is 0.0991 e. The second-order valence-corrected chi connectivity index (χ2v) is 12.9. The first-order valence-electron chi connectivity index (χ1n) is 16.6. The Balaban J connectivity index is 1.29. The molecule has 4 nitrogen and oxygen atoms in total. The summed E-state index contributed by atoms with van der Waals surface area (Å²) in [6, 6.07) is 58.9. The number of fused-ring (bicyclic) bond motifs is 6. The molecule has 11 aromatic rings. The largest absolute Gasteiger partial charge is 0.309 e. The first-order valence-corrected chi connectivity index (χ1v) is 16.6. The van der Waals surface area contributed by atoms with E-state index in [1.54, 1.807) is 0 Å². The second-order valence-electron chi connectivity index (χ2n) is 12.9. The Labute approximate surface area is 280 Å². The van der Waals surface area contributed by atoms with E-state index in [4.69, 9.17) is 0 Å². The lowest BCUT2D eigenvalue weighted by molar-refractivity contribution is 1.15. The fraction of sp³-hybridized carbons (Fsp3) is 0. The zero-order valence-corrected chi connectivity index (χ0v) is 26.3. The highest BCUT2D eigenvalue weighted by atomic mass is 15.0. The maximum atomic E-state index is 9.64. The van der Waals surface area contributed by atoms with E-state index in [0.717, 1.165) is 28.1 Å². The highest BCUT2D eigenvalue weighted by Gasteiger charge is 2.22. The van der Waals surface area contributed by atoms with Gasteiger partial charge in [-0.3, -0.25) is 0 Å². The molecule has 0 spiro atoms. The Kier molecular flexibility index (Phi) is 5.15. The summed E-state index contributed by atoms with van der Waals surface area (Å²) in [7, 11) is 0. The molecule has 0 radical (unpaired) electrons. The van der Waals surface area contributed by atoms with Gasteiger partial charge < -0.3 is 13.7 Å². The molecule has 8 aromatic carbocycles. The Morgan fingerprint density at radius 3 is 1.10 bits per heavy atom. The molecule has 0 unspecified atom stereocenters. The van der Waals surface area contributed by atoms with Gasteiger partial charge in [0.25, 0.3) is 0 Å². The summed E-state index contributed by atoms with van der Waals surface area (Å²) < 4.78 is 7.18. The van der Waals surface area contributed by atoms with Gasteiger partial charge in [-0.1, -0.05) is 84.9 Å². The molecule has 4 heteroatoms. The molecule has 49 heavy (non-hydrogen) atoms. The monoisotopic (exact) mass is 622 g/mol. The highest BCUT2D eigenvalue weighted by Crippen LogP contribution is 2.43. The molecule has 11 rings (SSSR count). The van der Waals surface area contributed by atoms with Gasteiger partial charge in [-0.05, 0) is 83.6 Å². The summed E-state index contributed by atoms with van der Waals surface area (Å²) in [5.74, 6) is 0. The van der Waals surface area contributed by atoms with Gasteiger partial charge in [0.2, 0.25) is 0 Å². The molecule has 0 fully saturated rings. The van der Waals surface area contributed by atoms with E-state index in [-0.39, 0.29) is 0 Å². The second kappa shape index (κ2) is 9.60. The van der Waals surface area contributed by atoms with Crippen LogP contribution in [0, 0.1) is 11.3 Å². The van der Waals surface area contributed by atoms with Crippen LogP contribution in [0.1, 0.15) is 5.56 Å². The number of rotatable bonds is 3. The van der Waals surface area contributed by atoms with Gasteiger partial charge in [0.1, 0.15) is 0 Å². The van der Waals surface area contributed by atoms with Crippen molar-refractivity contribution in [1.29, 1.82) is 5.26 Å². The van der Waals surface area contributed by atoms with Crippen LogP contribution in [-0.4, -0.2) is 13.7 Å². The van der Waals surface area contributed by atoms with E-state index in [0.29, 0.717) is 5.56 Å². The van der Waals surface area contributed by atoms with E-state index in [9.17, 15) is 5.26 Å². The van der Waals surface area contributed by atoms with Crippen LogP contribution in [0.5, 0.6) is 0 Å². The molecule has 3 aromatic heterocycles. The number of benzene rings is 8. The number of aromatic nitrogens is 3. The Morgan fingerprint density at radius 1 is 0.347 bits per heavy atom. The van der Waals surface area contributed by atoms with Crippen molar-refractivity contribution >= 4 is 76.2 Å². The molecular formula is C45H26N4. The molecule has 3 heterocycles. The van der Waals surface area contributed by atoms with Crippen LogP contribution in [0.15, 0.2) is 158 Å². The van der Waals surface area contributed by atoms with Crippen LogP contribution in [0.25, 0.3) is 93.3 Å². The molecule has 0 aliphatic heterocycles. The predicted octanol–water partition coefficient (Wildman–Crippen LogP) is 11.4. The third kappa shape index (κ3) is 3.51. The number of nitriles is 1. The zero-order chi connectivity index (χ0) is 32.2. The third-order valence-electron chi connectivity index (χ3n) is 10.4. The fourth-order valence-electron chi connectivity index (χ4n) is 8.36. The number of nitrogens with zero attached hydrogens (tertiary/aromatic N) is 4. The van der Waals surface area contributed by atoms with Gasteiger partial charge in [-0.25, -0.2) is 0 Å². The summed E-state index contributed by atoms with van der Waals surface area (Å²) in [5.41, 5.74) is 10.9. The Hall–Kier alpha value is -6.83. The normalized spacial score (nSPS) is 12.1. The van der Waals surface area contributed by atoms with Crippen LogP contribution in [0.3, 0.4) is 0 Å². The smallest absolute Gasteiger partial charge is 0.0991 e. The lowest BCUT2D eigenvalue weighted by Gasteiger charge is -2.12. The quantitative estimate of drug-likeness (QED) is 0.181. The van der Waals surface area contributed by atoms with E-state index < -0.39 is 0 Å². The zero-order valence-electron chi connectivity index (χ0n) is 26.3. The van der Waals surface area contributed by atoms with E-state index in [1.165, 1.54) is 65.2 Å². The van der Waals surface area contributed by atoms with Gasteiger partial charge in [0.15, 0.2) is 0 Å². The number of hydrogen-bond donors (Lipinski definition) is 0.